The first-order valence-electron chi connectivity index (χ1n) is 6.84. The van der Waals surface area contributed by atoms with Gasteiger partial charge in [-0.1, -0.05) is 13.3 Å². The van der Waals surface area contributed by atoms with Gasteiger partial charge in [-0.2, -0.15) is 0 Å². The van der Waals surface area contributed by atoms with Gasteiger partial charge < -0.3 is 4.90 Å². The Morgan fingerprint density at radius 1 is 1.22 bits per heavy atom. The third-order valence-electron chi connectivity index (χ3n) is 3.53. The van der Waals surface area contributed by atoms with Crippen LogP contribution in [0.15, 0.2) is 0 Å². The van der Waals surface area contributed by atoms with Gasteiger partial charge in [-0.25, -0.2) is 13.1 Å². The van der Waals surface area contributed by atoms with Crippen LogP contribution >= 0.6 is 0 Å². The fraction of sp³-hybridized carbons (Fsp3) is 1.00. The molecule has 0 bridgehead atoms. The van der Waals surface area contributed by atoms with Crippen molar-refractivity contribution in [2.45, 2.75) is 32.7 Å². The van der Waals surface area contributed by atoms with Crippen molar-refractivity contribution in [3.05, 3.63) is 0 Å². The second kappa shape index (κ2) is 7.43. The van der Waals surface area contributed by atoms with Crippen LogP contribution in [0.4, 0.5) is 0 Å². The normalized spacial score (nSPS) is 21.1. The van der Waals surface area contributed by atoms with Gasteiger partial charge >= 0.3 is 0 Å². The average molecular weight is 277 g/mol. The number of rotatable bonds is 7. The Morgan fingerprint density at radius 3 is 2.39 bits per heavy atom. The molecule has 1 aliphatic heterocycles. The molecule has 1 saturated heterocycles. The average Bonchev–Trinajstić information content (AvgIpc) is 2.35. The van der Waals surface area contributed by atoms with Crippen molar-refractivity contribution >= 4 is 10.0 Å². The van der Waals surface area contributed by atoms with Crippen LogP contribution in [0, 0.1) is 0 Å². The molecule has 1 rings (SSSR count). The molecule has 6 heteroatoms. The molecule has 1 atom stereocenters. The highest BCUT2D eigenvalue weighted by Gasteiger charge is 2.20. The van der Waals surface area contributed by atoms with Gasteiger partial charge in [0.1, 0.15) is 0 Å². The maximum Gasteiger partial charge on any atom is 0.211 e. The van der Waals surface area contributed by atoms with Crippen LogP contribution in [0.25, 0.3) is 0 Å². The van der Waals surface area contributed by atoms with Crippen LogP contribution in [-0.2, 0) is 10.0 Å². The van der Waals surface area contributed by atoms with Crippen molar-refractivity contribution in [3.63, 3.8) is 0 Å². The van der Waals surface area contributed by atoms with E-state index in [4.69, 9.17) is 0 Å². The molecule has 0 amide bonds. The van der Waals surface area contributed by atoms with Gasteiger partial charge in [-0.3, -0.25) is 4.90 Å². The van der Waals surface area contributed by atoms with Gasteiger partial charge in [0.25, 0.3) is 0 Å². The van der Waals surface area contributed by atoms with E-state index in [9.17, 15) is 8.42 Å². The Balaban J connectivity index is 2.30. The summed E-state index contributed by atoms with van der Waals surface area (Å²) in [4.78, 5) is 4.65. The molecule has 18 heavy (non-hydrogen) atoms. The van der Waals surface area contributed by atoms with E-state index >= 15 is 0 Å². The van der Waals surface area contributed by atoms with Crippen molar-refractivity contribution < 1.29 is 8.42 Å². The highest BCUT2D eigenvalue weighted by molar-refractivity contribution is 7.89. The van der Waals surface area contributed by atoms with E-state index in [-0.39, 0.29) is 11.8 Å². The number of hydrogen-bond donors (Lipinski definition) is 1. The van der Waals surface area contributed by atoms with E-state index in [1.807, 2.05) is 6.92 Å². The number of hydrogen-bond acceptors (Lipinski definition) is 4. The molecule has 0 aliphatic carbocycles. The number of nitrogens with one attached hydrogen (secondary N) is 1. The summed E-state index contributed by atoms with van der Waals surface area (Å²) in [5.41, 5.74) is 0. The number of likely N-dealkylation sites (N-methyl/N-ethyl adjacent to an activating group) is 1. The maximum atomic E-state index is 11.7. The van der Waals surface area contributed by atoms with Gasteiger partial charge in [0.2, 0.25) is 10.0 Å². The summed E-state index contributed by atoms with van der Waals surface area (Å²) in [6, 6.07) is 0.273. The lowest BCUT2D eigenvalue weighted by Crippen LogP contribution is -2.51. The lowest BCUT2D eigenvalue weighted by atomic mass is 10.2. The third-order valence-corrected chi connectivity index (χ3v) is 4.96. The van der Waals surface area contributed by atoms with Gasteiger partial charge in [0, 0.05) is 38.8 Å². The maximum absolute atomic E-state index is 11.7. The molecule has 1 N–H and O–H groups in total. The topological polar surface area (TPSA) is 52.7 Å². The van der Waals surface area contributed by atoms with Crippen LogP contribution in [0.1, 0.15) is 26.7 Å². The molecule has 0 unspecified atom stereocenters. The van der Waals surface area contributed by atoms with Crippen LogP contribution < -0.4 is 4.72 Å². The first-order valence-corrected chi connectivity index (χ1v) is 8.49. The smallest absolute Gasteiger partial charge is 0.211 e. The van der Waals surface area contributed by atoms with E-state index in [2.05, 4.69) is 28.5 Å². The number of piperazine rings is 1. The fourth-order valence-corrected chi connectivity index (χ4v) is 3.35. The quantitative estimate of drug-likeness (QED) is 0.729. The molecule has 0 spiro atoms. The second-order valence-electron chi connectivity index (χ2n) is 5.21. The van der Waals surface area contributed by atoms with Crippen molar-refractivity contribution in [3.8, 4) is 0 Å². The van der Waals surface area contributed by atoms with Crippen molar-refractivity contribution in [2.75, 3.05) is 45.5 Å². The van der Waals surface area contributed by atoms with E-state index < -0.39 is 10.0 Å². The summed E-state index contributed by atoms with van der Waals surface area (Å²) in [6.45, 7) is 8.79. The monoisotopic (exact) mass is 277 g/mol. The minimum Gasteiger partial charge on any atom is -0.304 e. The Bertz CT molecular complexity index is 324. The minimum atomic E-state index is -3.08. The van der Waals surface area contributed by atoms with E-state index in [1.54, 1.807) is 0 Å². The Labute approximate surface area is 112 Å². The van der Waals surface area contributed by atoms with Crippen molar-refractivity contribution in [1.29, 1.82) is 0 Å². The summed E-state index contributed by atoms with van der Waals surface area (Å²) in [6.07, 6.45) is 1.65. The molecule has 0 saturated carbocycles. The second-order valence-corrected chi connectivity index (χ2v) is 7.14. The first-order chi connectivity index (χ1) is 8.44. The van der Waals surface area contributed by atoms with Gasteiger partial charge in [-0.15, -0.1) is 0 Å². The summed E-state index contributed by atoms with van der Waals surface area (Å²) in [7, 11) is -0.955. The molecular formula is C12H27N3O2S. The lowest BCUT2D eigenvalue weighted by Gasteiger charge is -2.36. The Hall–Kier alpha value is -0.170. The van der Waals surface area contributed by atoms with E-state index in [0.29, 0.717) is 6.54 Å². The first kappa shape index (κ1) is 15.9. The van der Waals surface area contributed by atoms with Crippen molar-refractivity contribution in [2.24, 2.45) is 0 Å². The largest absolute Gasteiger partial charge is 0.304 e. The summed E-state index contributed by atoms with van der Waals surface area (Å²) in [5.74, 6) is 0.249. The molecule has 0 aromatic carbocycles. The highest BCUT2D eigenvalue weighted by atomic mass is 32.2. The van der Waals surface area contributed by atoms with Crippen LogP contribution in [0.3, 0.4) is 0 Å². The van der Waals surface area contributed by atoms with Crippen molar-refractivity contribution in [1.82, 2.24) is 14.5 Å². The fourth-order valence-electron chi connectivity index (χ4n) is 2.05. The zero-order chi connectivity index (χ0) is 13.6. The molecule has 1 aliphatic rings. The predicted octanol–water partition coefficient (Wildman–Crippen LogP) is 0.342. The summed E-state index contributed by atoms with van der Waals surface area (Å²) < 4.78 is 26.1. The van der Waals surface area contributed by atoms with E-state index in [1.165, 1.54) is 0 Å². The molecule has 0 aromatic rings. The Kier molecular flexibility index (Phi) is 6.55. The number of unbranched alkanes of at least 4 members (excludes halogenated alkanes) is 1. The molecule has 1 heterocycles. The standard InChI is InChI=1S/C12H27N3O2S/c1-4-5-10-18(16,17)13-11-12(2)15-8-6-14(3)7-9-15/h12-13H,4-11H2,1-3H3/t12-/m1/s1. The number of sulfonamides is 1. The third kappa shape index (κ3) is 5.65. The van der Waals surface area contributed by atoms with Crippen LogP contribution in [0.2, 0.25) is 0 Å². The Morgan fingerprint density at radius 2 is 1.83 bits per heavy atom. The predicted molar refractivity (Wildman–Crippen MR) is 75.2 cm³/mol. The lowest BCUT2D eigenvalue weighted by molar-refractivity contribution is 0.120. The molecule has 5 nitrogen and oxygen atoms in total. The molecule has 0 aromatic heterocycles. The zero-order valence-electron chi connectivity index (χ0n) is 11.9. The summed E-state index contributed by atoms with van der Waals surface area (Å²) >= 11 is 0. The highest BCUT2D eigenvalue weighted by Crippen LogP contribution is 2.04. The van der Waals surface area contributed by atoms with Gasteiger partial charge in [0.15, 0.2) is 0 Å². The molecule has 1 fully saturated rings. The van der Waals surface area contributed by atoms with Crippen LogP contribution in [0.5, 0.6) is 0 Å². The van der Waals surface area contributed by atoms with Gasteiger partial charge in [0.05, 0.1) is 5.75 Å². The molecule has 108 valence electrons. The van der Waals surface area contributed by atoms with Gasteiger partial charge in [-0.05, 0) is 20.4 Å². The minimum absolute atomic E-state index is 0.249. The number of nitrogens with zero attached hydrogens (tertiary/aromatic N) is 2. The zero-order valence-corrected chi connectivity index (χ0v) is 12.7. The SMILES string of the molecule is CCCCS(=O)(=O)NC[C@@H](C)N1CCN(C)CC1. The summed E-state index contributed by atoms with van der Waals surface area (Å²) in [5, 5.41) is 0. The molecular weight excluding hydrogens is 250 g/mol. The molecule has 0 radical (unpaired) electrons. The van der Waals surface area contributed by atoms with E-state index in [0.717, 1.165) is 39.0 Å². The van der Waals surface area contributed by atoms with Crippen LogP contribution in [-0.4, -0.2) is 69.8 Å².